The third-order valence-electron chi connectivity index (χ3n) is 4.68. The molecule has 0 spiro atoms. The van der Waals surface area contributed by atoms with E-state index >= 15 is 0 Å². The summed E-state index contributed by atoms with van der Waals surface area (Å²) in [5.74, 6) is 5.02. The van der Waals surface area contributed by atoms with Crippen molar-refractivity contribution in [2.45, 2.75) is 18.2 Å². The molecule has 1 aliphatic rings. The zero-order valence-corrected chi connectivity index (χ0v) is 16.9. The van der Waals surface area contributed by atoms with Crippen LogP contribution in [-0.2, 0) is 26.3 Å². The molecule has 156 valence electrons. The molecule has 2 amide bonds. The first-order chi connectivity index (χ1) is 14.3. The predicted octanol–water partition coefficient (Wildman–Crippen LogP) is 0.654. The summed E-state index contributed by atoms with van der Waals surface area (Å²) in [5, 5.41) is 0.581. The van der Waals surface area contributed by atoms with Gasteiger partial charge in [-0.15, -0.1) is 0 Å². The summed E-state index contributed by atoms with van der Waals surface area (Å²) in [4.78, 5) is 26.5. The van der Waals surface area contributed by atoms with E-state index in [0.717, 1.165) is 11.1 Å². The maximum atomic E-state index is 13.0. The highest BCUT2D eigenvalue weighted by Gasteiger charge is 2.29. The summed E-state index contributed by atoms with van der Waals surface area (Å²) >= 11 is 0. The Balaban J connectivity index is 1.77. The van der Waals surface area contributed by atoms with E-state index in [2.05, 4.69) is 17.2 Å². The van der Waals surface area contributed by atoms with Crippen molar-refractivity contribution >= 4 is 27.6 Å². The topological polar surface area (TPSA) is 130 Å². The first-order valence-electron chi connectivity index (χ1n) is 9.24. The fourth-order valence-corrected chi connectivity index (χ4v) is 3.71. The molecule has 0 fully saturated rings. The number of anilines is 1. The maximum absolute atomic E-state index is 13.0. The Labute approximate surface area is 174 Å². The highest BCUT2D eigenvalue weighted by atomic mass is 32.2. The Kier molecular flexibility index (Phi) is 6.52. The van der Waals surface area contributed by atoms with Crippen LogP contribution in [0.5, 0.6) is 0 Å². The summed E-state index contributed by atoms with van der Waals surface area (Å²) in [6.45, 7) is -0.353. The number of para-hydroxylation sites is 1. The van der Waals surface area contributed by atoms with E-state index < -0.39 is 27.8 Å². The van der Waals surface area contributed by atoms with Crippen molar-refractivity contribution in [3.05, 3.63) is 65.2 Å². The van der Waals surface area contributed by atoms with Crippen LogP contribution in [0.4, 0.5) is 5.69 Å². The van der Waals surface area contributed by atoms with Crippen molar-refractivity contribution < 1.29 is 22.6 Å². The van der Waals surface area contributed by atoms with Gasteiger partial charge in [0.2, 0.25) is 11.8 Å². The highest BCUT2D eigenvalue weighted by molar-refractivity contribution is 7.87. The van der Waals surface area contributed by atoms with Crippen LogP contribution in [0.1, 0.15) is 23.1 Å². The molecule has 1 unspecified atom stereocenters. The zero-order chi connectivity index (χ0) is 21.7. The first-order valence-corrected chi connectivity index (χ1v) is 10.7. The second-order valence-electron chi connectivity index (χ2n) is 6.68. The predicted molar refractivity (Wildman–Crippen MR) is 112 cm³/mol. The molecule has 0 aromatic heterocycles. The maximum Gasteiger partial charge on any atom is 0.278 e. The van der Waals surface area contributed by atoms with Gasteiger partial charge < -0.3 is 16.0 Å². The molecule has 4 N–H and O–H groups in total. The number of hydrogen-bond donors (Lipinski definition) is 3. The minimum absolute atomic E-state index is 0.0710. The number of hydrogen-bond acceptors (Lipinski definition) is 5. The van der Waals surface area contributed by atoms with E-state index in [0.29, 0.717) is 17.8 Å². The standard InChI is InChI=1S/C21H21N3O5S/c22-13-19(30(27,28)29)21(26)23-12-11-20(25)24-14-17-7-2-1-5-15(17)9-10-16-6-3-4-8-18(16)24/h1-8,19H,11-14,22H2,(H,23,26)(H,27,28,29). The molecule has 3 rings (SSSR count). The van der Waals surface area contributed by atoms with Crippen molar-refractivity contribution in [2.75, 3.05) is 18.0 Å². The molecule has 1 atom stereocenters. The van der Waals surface area contributed by atoms with Crippen LogP contribution >= 0.6 is 0 Å². The minimum Gasteiger partial charge on any atom is -0.354 e. The monoisotopic (exact) mass is 427 g/mol. The Morgan fingerprint density at radius 1 is 1.10 bits per heavy atom. The Morgan fingerprint density at radius 2 is 1.73 bits per heavy atom. The summed E-state index contributed by atoms with van der Waals surface area (Å²) in [6, 6.07) is 14.8. The smallest absolute Gasteiger partial charge is 0.278 e. The molecule has 0 saturated carbocycles. The third kappa shape index (κ3) is 4.86. The van der Waals surface area contributed by atoms with Gasteiger partial charge in [0.1, 0.15) is 0 Å². The summed E-state index contributed by atoms with van der Waals surface area (Å²) < 4.78 is 31.5. The second kappa shape index (κ2) is 9.09. The molecular weight excluding hydrogens is 406 g/mol. The summed E-state index contributed by atoms with van der Waals surface area (Å²) in [5.41, 5.74) is 8.34. The lowest BCUT2D eigenvalue weighted by Crippen LogP contribution is -2.45. The van der Waals surface area contributed by atoms with E-state index in [1.807, 2.05) is 42.5 Å². The van der Waals surface area contributed by atoms with Gasteiger partial charge in [0.15, 0.2) is 5.25 Å². The van der Waals surface area contributed by atoms with Gasteiger partial charge >= 0.3 is 0 Å². The van der Waals surface area contributed by atoms with Crippen LogP contribution in [0.3, 0.4) is 0 Å². The molecule has 0 bridgehead atoms. The lowest BCUT2D eigenvalue weighted by atomic mass is 10.0. The number of rotatable bonds is 6. The van der Waals surface area contributed by atoms with E-state index in [1.165, 1.54) is 0 Å². The number of nitrogens with two attached hydrogens (primary N) is 1. The van der Waals surface area contributed by atoms with Gasteiger partial charge in [-0.3, -0.25) is 14.1 Å². The molecule has 0 saturated heterocycles. The third-order valence-corrected chi connectivity index (χ3v) is 5.80. The van der Waals surface area contributed by atoms with Crippen LogP contribution in [0.2, 0.25) is 0 Å². The molecule has 2 aromatic rings. The molecule has 8 nitrogen and oxygen atoms in total. The van der Waals surface area contributed by atoms with E-state index in [1.54, 1.807) is 11.0 Å². The summed E-state index contributed by atoms with van der Waals surface area (Å²) in [6.07, 6.45) is -0.0710. The number of carbonyl (C=O) groups excluding carboxylic acids is 2. The van der Waals surface area contributed by atoms with Crippen LogP contribution in [-0.4, -0.2) is 43.1 Å². The van der Waals surface area contributed by atoms with Gasteiger partial charge in [-0.2, -0.15) is 8.42 Å². The van der Waals surface area contributed by atoms with Gasteiger partial charge in [0.05, 0.1) is 12.2 Å². The SMILES string of the molecule is NCC(C(=O)NCCC(=O)N1Cc2ccccc2C#Cc2ccccc21)S(=O)(=O)O. The first kappa shape index (κ1) is 21.5. The quantitative estimate of drug-likeness (QED) is 0.459. The zero-order valence-electron chi connectivity index (χ0n) is 16.0. The number of benzene rings is 2. The van der Waals surface area contributed by atoms with Gasteiger partial charge in [-0.25, -0.2) is 0 Å². The van der Waals surface area contributed by atoms with E-state index in [9.17, 15) is 18.0 Å². The average Bonchev–Trinajstić information content (AvgIpc) is 2.69. The molecule has 1 aliphatic heterocycles. The van der Waals surface area contributed by atoms with Crippen LogP contribution < -0.4 is 16.0 Å². The van der Waals surface area contributed by atoms with Crippen LogP contribution in [0, 0.1) is 11.8 Å². The van der Waals surface area contributed by atoms with Gasteiger partial charge in [-0.1, -0.05) is 42.2 Å². The number of amides is 2. The van der Waals surface area contributed by atoms with Crippen LogP contribution in [0.25, 0.3) is 0 Å². The lowest BCUT2D eigenvalue weighted by Gasteiger charge is -2.26. The highest BCUT2D eigenvalue weighted by Crippen LogP contribution is 2.25. The van der Waals surface area contributed by atoms with Crippen molar-refractivity contribution in [3.63, 3.8) is 0 Å². The molecule has 1 heterocycles. The molecule has 9 heteroatoms. The largest absolute Gasteiger partial charge is 0.354 e. The van der Waals surface area contributed by atoms with Crippen molar-refractivity contribution in [1.29, 1.82) is 0 Å². The molecular formula is C21H21N3O5S. The molecule has 30 heavy (non-hydrogen) atoms. The number of nitrogens with zero attached hydrogens (tertiary/aromatic N) is 1. The average molecular weight is 427 g/mol. The summed E-state index contributed by atoms with van der Waals surface area (Å²) in [7, 11) is -4.62. The molecule has 0 radical (unpaired) electrons. The van der Waals surface area contributed by atoms with Crippen LogP contribution in [0.15, 0.2) is 48.5 Å². The molecule has 2 aromatic carbocycles. The van der Waals surface area contributed by atoms with Crippen molar-refractivity contribution in [2.24, 2.45) is 5.73 Å². The fourth-order valence-electron chi connectivity index (χ4n) is 3.11. The lowest BCUT2D eigenvalue weighted by molar-refractivity contribution is -0.121. The van der Waals surface area contributed by atoms with Crippen molar-refractivity contribution in [3.8, 4) is 11.8 Å². The Morgan fingerprint density at radius 3 is 2.43 bits per heavy atom. The minimum atomic E-state index is -4.62. The van der Waals surface area contributed by atoms with Gasteiger partial charge in [-0.05, 0) is 23.8 Å². The van der Waals surface area contributed by atoms with Gasteiger partial charge in [0, 0.05) is 30.6 Å². The van der Waals surface area contributed by atoms with Crippen molar-refractivity contribution in [1.82, 2.24) is 5.32 Å². The van der Waals surface area contributed by atoms with E-state index in [-0.39, 0.29) is 18.9 Å². The Bertz CT molecular complexity index is 1130. The number of fused-ring (bicyclic) bond motifs is 2. The Hall–Kier alpha value is -3.19. The fraction of sp³-hybridized carbons (Fsp3) is 0.238. The van der Waals surface area contributed by atoms with E-state index in [4.69, 9.17) is 10.3 Å². The number of carbonyl (C=O) groups is 2. The molecule has 0 aliphatic carbocycles. The normalized spacial score (nSPS) is 13.6. The number of nitrogens with one attached hydrogen (secondary N) is 1. The van der Waals surface area contributed by atoms with Gasteiger partial charge in [0.25, 0.3) is 10.1 Å². The second-order valence-corrected chi connectivity index (χ2v) is 8.28.